The van der Waals surface area contributed by atoms with Crippen LogP contribution in [-0.2, 0) is 22.1 Å². The number of benzene rings is 1. The monoisotopic (exact) mass is 404 g/mol. The highest BCUT2D eigenvalue weighted by Crippen LogP contribution is 2.32. The Kier molecular flexibility index (Phi) is 7.57. The largest absolute Gasteiger partial charge is 0.482 e. The Hall–Kier alpha value is -2.17. The van der Waals surface area contributed by atoms with Crippen LogP contribution in [0.15, 0.2) is 29.6 Å². The molecule has 0 aliphatic carbocycles. The van der Waals surface area contributed by atoms with Gasteiger partial charge in [0.2, 0.25) is 0 Å². The van der Waals surface area contributed by atoms with Crippen molar-refractivity contribution in [2.45, 2.75) is 18.7 Å². The number of aliphatic hydroxyl groups is 1. The fourth-order valence-corrected chi connectivity index (χ4v) is 2.83. The van der Waals surface area contributed by atoms with Crippen molar-refractivity contribution in [1.29, 1.82) is 0 Å². The summed E-state index contributed by atoms with van der Waals surface area (Å²) in [6.07, 6.45) is -4.95. The fraction of sp³-hybridized carbons (Fsp3) is 0.412. The standard InChI is InChI=1S/C17H19F3N2O4S/c1-25-15(24)9-26-12-4-2-11(3-5-12)6-7-21-8-14(23)13-10-27-16(22-13)17(18,19)20/h2-5,10,14,21,23H,6-9H2,1H3. The van der Waals surface area contributed by atoms with Crippen LogP contribution >= 0.6 is 11.3 Å². The molecule has 1 aromatic carbocycles. The molecule has 27 heavy (non-hydrogen) atoms. The third kappa shape index (κ3) is 6.81. The van der Waals surface area contributed by atoms with Crippen LogP contribution in [0.5, 0.6) is 5.75 Å². The van der Waals surface area contributed by atoms with Gasteiger partial charge in [-0.3, -0.25) is 0 Å². The molecule has 1 aromatic heterocycles. The van der Waals surface area contributed by atoms with E-state index in [1.807, 2.05) is 12.1 Å². The number of aliphatic hydroxyl groups excluding tert-OH is 1. The van der Waals surface area contributed by atoms with Crippen molar-refractivity contribution in [2.75, 3.05) is 26.8 Å². The van der Waals surface area contributed by atoms with E-state index in [0.29, 0.717) is 30.1 Å². The molecule has 0 amide bonds. The number of aromatic nitrogens is 1. The summed E-state index contributed by atoms with van der Waals surface area (Å²) in [6.45, 7) is 0.457. The number of carbonyl (C=O) groups excluding carboxylic acids is 1. The van der Waals surface area contributed by atoms with Crippen LogP contribution in [0.3, 0.4) is 0 Å². The van der Waals surface area contributed by atoms with E-state index in [1.54, 1.807) is 12.1 Å². The molecular formula is C17H19F3N2O4S. The molecule has 0 spiro atoms. The quantitative estimate of drug-likeness (QED) is 0.494. The van der Waals surface area contributed by atoms with E-state index in [2.05, 4.69) is 15.0 Å². The molecule has 1 unspecified atom stereocenters. The molecule has 2 aromatic rings. The highest BCUT2D eigenvalue weighted by atomic mass is 32.1. The molecule has 0 fully saturated rings. The highest BCUT2D eigenvalue weighted by molar-refractivity contribution is 7.09. The van der Waals surface area contributed by atoms with Crippen LogP contribution in [0, 0.1) is 0 Å². The van der Waals surface area contributed by atoms with Crippen molar-refractivity contribution in [3.63, 3.8) is 0 Å². The molecule has 0 bridgehead atoms. The molecule has 0 aliphatic heterocycles. The average Bonchev–Trinajstić information content (AvgIpc) is 3.14. The molecular weight excluding hydrogens is 385 g/mol. The Morgan fingerprint density at radius 3 is 2.63 bits per heavy atom. The lowest BCUT2D eigenvalue weighted by molar-refractivity contribution is -0.143. The molecule has 0 radical (unpaired) electrons. The SMILES string of the molecule is COC(=O)COc1ccc(CCNCC(O)c2csc(C(F)(F)F)n2)cc1. The van der Waals surface area contributed by atoms with Crippen molar-refractivity contribution in [1.82, 2.24) is 10.3 Å². The predicted octanol–water partition coefficient (Wildman–Crippen LogP) is 2.58. The van der Waals surface area contributed by atoms with Gasteiger partial charge in [-0.2, -0.15) is 13.2 Å². The number of hydrogen-bond acceptors (Lipinski definition) is 7. The van der Waals surface area contributed by atoms with Gasteiger partial charge < -0.3 is 19.9 Å². The second-order valence-electron chi connectivity index (χ2n) is 5.55. The number of hydrogen-bond donors (Lipinski definition) is 2. The lowest BCUT2D eigenvalue weighted by atomic mass is 10.1. The van der Waals surface area contributed by atoms with Crippen molar-refractivity contribution in [3.05, 3.63) is 45.9 Å². The van der Waals surface area contributed by atoms with Gasteiger partial charge in [0, 0.05) is 11.9 Å². The van der Waals surface area contributed by atoms with E-state index >= 15 is 0 Å². The van der Waals surface area contributed by atoms with Crippen molar-refractivity contribution < 1.29 is 32.5 Å². The molecule has 0 saturated carbocycles. The molecule has 2 rings (SSSR count). The van der Waals surface area contributed by atoms with Crippen LogP contribution < -0.4 is 10.1 Å². The summed E-state index contributed by atoms with van der Waals surface area (Å²) in [7, 11) is 1.28. The number of nitrogens with zero attached hydrogens (tertiary/aromatic N) is 1. The zero-order chi connectivity index (χ0) is 19.9. The van der Waals surface area contributed by atoms with Gasteiger partial charge in [0.15, 0.2) is 11.6 Å². The van der Waals surface area contributed by atoms with E-state index in [-0.39, 0.29) is 18.8 Å². The maximum atomic E-state index is 12.5. The minimum Gasteiger partial charge on any atom is -0.482 e. The number of rotatable bonds is 9. The number of halogens is 3. The molecule has 148 valence electrons. The predicted molar refractivity (Wildman–Crippen MR) is 92.6 cm³/mol. The minimum absolute atomic E-state index is 0.00642. The summed E-state index contributed by atoms with van der Waals surface area (Å²) in [6, 6.07) is 7.11. The average molecular weight is 404 g/mol. The van der Waals surface area contributed by atoms with E-state index < -0.39 is 23.3 Å². The molecule has 6 nitrogen and oxygen atoms in total. The van der Waals surface area contributed by atoms with Crippen molar-refractivity contribution >= 4 is 17.3 Å². The maximum Gasteiger partial charge on any atom is 0.443 e. The number of carbonyl (C=O) groups is 1. The van der Waals surface area contributed by atoms with Gasteiger partial charge in [0.05, 0.1) is 12.8 Å². The first kappa shape index (κ1) is 21.1. The first-order valence-corrected chi connectivity index (χ1v) is 8.87. The van der Waals surface area contributed by atoms with Crippen LogP contribution in [0.4, 0.5) is 13.2 Å². The summed E-state index contributed by atoms with van der Waals surface area (Å²) in [5.41, 5.74) is 1.00. The summed E-state index contributed by atoms with van der Waals surface area (Å²) >= 11 is 0.465. The summed E-state index contributed by atoms with van der Waals surface area (Å²) in [5, 5.41) is 13.1. The minimum atomic E-state index is -4.50. The highest BCUT2D eigenvalue weighted by Gasteiger charge is 2.35. The fourth-order valence-electron chi connectivity index (χ4n) is 2.10. The number of alkyl halides is 3. The smallest absolute Gasteiger partial charge is 0.443 e. The number of esters is 1. The third-order valence-electron chi connectivity index (χ3n) is 3.54. The van der Waals surface area contributed by atoms with E-state index in [4.69, 9.17) is 4.74 Å². The van der Waals surface area contributed by atoms with E-state index in [9.17, 15) is 23.1 Å². The molecule has 2 N–H and O–H groups in total. The Morgan fingerprint density at radius 1 is 1.33 bits per heavy atom. The van der Waals surface area contributed by atoms with Gasteiger partial charge in [-0.25, -0.2) is 9.78 Å². The van der Waals surface area contributed by atoms with Crippen LogP contribution in [0.1, 0.15) is 22.4 Å². The second-order valence-corrected chi connectivity index (χ2v) is 6.41. The van der Waals surface area contributed by atoms with Gasteiger partial charge in [0.1, 0.15) is 11.9 Å². The lowest BCUT2D eigenvalue weighted by Gasteiger charge is -2.10. The zero-order valence-corrected chi connectivity index (χ0v) is 15.3. The lowest BCUT2D eigenvalue weighted by Crippen LogP contribution is -2.24. The Bertz CT molecular complexity index is 735. The first-order chi connectivity index (χ1) is 12.8. The molecule has 1 atom stereocenters. The van der Waals surface area contributed by atoms with Gasteiger partial charge in [0.25, 0.3) is 0 Å². The van der Waals surface area contributed by atoms with Crippen molar-refractivity contribution in [3.8, 4) is 5.75 Å². The second kappa shape index (κ2) is 9.67. The van der Waals surface area contributed by atoms with E-state index in [0.717, 1.165) is 5.56 Å². The van der Waals surface area contributed by atoms with Gasteiger partial charge in [-0.15, -0.1) is 11.3 Å². The van der Waals surface area contributed by atoms with Gasteiger partial charge >= 0.3 is 12.1 Å². The Labute approximate surface area is 157 Å². The summed E-state index contributed by atoms with van der Waals surface area (Å²) in [5.74, 6) is 0.0702. The summed E-state index contributed by atoms with van der Waals surface area (Å²) in [4.78, 5) is 14.4. The zero-order valence-electron chi connectivity index (χ0n) is 14.5. The van der Waals surface area contributed by atoms with Crippen LogP contribution in [-0.4, -0.2) is 42.9 Å². The van der Waals surface area contributed by atoms with E-state index in [1.165, 1.54) is 12.5 Å². The molecule has 1 heterocycles. The third-order valence-corrected chi connectivity index (χ3v) is 4.45. The van der Waals surface area contributed by atoms with Crippen LogP contribution in [0.2, 0.25) is 0 Å². The first-order valence-electron chi connectivity index (χ1n) is 7.99. The van der Waals surface area contributed by atoms with Crippen molar-refractivity contribution in [2.24, 2.45) is 0 Å². The molecule has 0 saturated heterocycles. The topological polar surface area (TPSA) is 80.7 Å². The Morgan fingerprint density at radius 2 is 2.04 bits per heavy atom. The number of ether oxygens (including phenoxy) is 2. The normalized spacial score (nSPS) is 12.6. The molecule has 10 heteroatoms. The number of nitrogens with one attached hydrogen (secondary N) is 1. The maximum absolute atomic E-state index is 12.5. The van der Waals surface area contributed by atoms with Crippen LogP contribution in [0.25, 0.3) is 0 Å². The number of thiazole rings is 1. The van der Waals surface area contributed by atoms with Gasteiger partial charge in [-0.1, -0.05) is 12.1 Å². The Balaban J connectivity index is 1.71. The summed E-state index contributed by atoms with van der Waals surface area (Å²) < 4.78 is 47.3. The van der Waals surface area contributed by atoms with Gasteiger partial charge in [-0.05, 0) is 30.7 Å². The number of methoxy groups -OCH3 is 1. The molecule has 0 aliphatic rings.